The molecule has 2 aliphatic rings. The Morgan fingerprint density at radius 3 is 2.42 bits per heavy atom. The van der Waals surface area contributed by atoms with E-state index in [1.165, 1.54) is 38.5 Å². The van der Waals surface area contributed by atoms with E-state index in [2.05, 4.69) is 6.92 Å². The van der Waals surface area contributed by atoms with Crippen LogP contribution in [0.3, 0.4) is 0 Å². The van der Waals surface area contributed by atoms with Gasteiger partial charge in [0.2, 0.25) is 0 Å². The molecule has 1 nitrogen and oxygen atoms in total. The molecule has 1 aliphatic heterocycles. The first-order valence-electron chi connectivity index (χ1n) is 7.78. The molecular formula is C16H26F2O. The molecule has 1 saturated heterocycles. The summed E-state index contributed by atoms with van der Waals surface area (Å²) >= 11 is 0. The topological polar surface area (TPSA) is 9.23 Å². The lowest BCUT2D eigenvalue weighted by molar-refractivity contribution is -0.0545. The quantitative estimate of drug-likeness (QED) is 0.686. The highest BCUT2D eigenvalue weighted by atomic mass is 19.3. The standard InChI is InChI=1S/C16H26F2O/c1-12-5-10-15(19-11-12)14-8-6-13(7-9-14)3-2-4-16(17)18/h4,12-15H,2-3,5-11H2,1H3. The van der Waals surface area contributed by atoms with Crippen molar-refractivity contribution >= 4 is 0 Å². The van der Waals surface area contributed by atoms with Crippen molar-refractivity contribution < 1.29 is 13.5 Å². The molecule has 2 atom stereocenters. The molecule has 1 saturated carbocycles. The number of ether oxygens (including phenoxy) is 1. The van der Waals surface area contributed by atoms with Gasteiger partial charge in [-0.1, -0.05) is 19.8 Å². The van der Waals surface area contributed by atoms with Crippen molar-refractivity contribution in [3.63, 3.8) is 0 Å². The highest BCUT2D eigenvalue weighted by molar-refractivity contribution is 4.84. The van der Waals surface area contributed by atoms with Crippen LogP contribution in [0.5, 0.6) is 0 Å². The molecule has 1 heterocycles. The zero-order valence-electron chi connectivity index (χ0n) is 11.9. The number of hydrogen-bond acceptors (Lipinski definition) is 1. The second-order valence-electron chi connectivity index (χ2n) is 6.41. The first-order chi connectivity index (χ1) is 9.15. The highest BCUT2D eigenvalue weighted by Crippen LogP contribution is 2.37. The second kappa shape index (κ2) is 7.37. The summed E-state index contributed by atoms with van der Waals surface area (Å²) in [6.45, 7) is 3.18. The lowest BCUT2D eigenvalue weighted by atomic mass is 9.76. The van der Waals surface area contributed by atoms with Gasteiger partial charge >= 0.3 is 0 Å². The van der Waals surface area contributed by atoms with Crippen molar-refractivity contribution in [3.05, 3.63) is 12.2 Å². The molecule has 2 rings (SSSR count). The lowest BCUT2D eigenvalue weighted by Gasteiger charge is -2.37. The fraction of sp³-hybridized carbons (Fsp3) is 0.875. The van der Waals surface area contributed by atoms with Crippen molar-refractivity contribution in [1.82, 2.24) is 0 Å². The lowest BCUT2D eigenvalue weighted by Crippen LogP contribution is -2.33. The van der Waals surface area contributed by atoms with E-state index in [4.69, 9.17) is 4.74 Å². The molecule has 0 amide bonds. The van der Waals surface area contributed by atoms with Gasteiger partial charge in [-0.25, -0.2) is 0 Å². The Balaban J connectivity index is 1.66. The minimum atomic E-state index is -1.53. The normalized spacial score (nSPS) is 35.9. The summed E-state index contributed by atoms with van der Waals surface area (Å²) in [4.78, 5) is 0. The Labute approximate surface area is 115 Å². The van der Waals surface area contributed by atoms with Crippen LogP contribution in [0.2, 0.25) is 0 Å². The van der Waals surface area contributed by atoms with E-state index in [1.807, 2.05) is 0 Å². The van der Waals surface area contributed by atoms with Gasteiger partial charge in [-0.05, 0) is 62.4 Å². The molecular weight excluding hydrogens is 246 g/mol. The Morgan fingerprint density at radius 2 is 1.84 bits per heavy atom. The Kier molecular flexibility index (Phi) is 5.80. The Hall–Kier alpha value is -0.440. The van der Waals surface area contributed by atoms with Gasteiger partial charge in [-0.15, -0.1) is 0 Å². The minimum Gasteiger partial charge on any atom is -0.378 e. The number of hydrogen-bond donors (Lipinski definition) is 0. The van der Waals surface area contributed by atoms with E-state index in [0.717, 1.165) is 30.9 Å². The van der Waals surface area contributed by atoms with Gasteiger partial charge in [0.15, 0.2) is 0 Å². The van der Waals surface area contributed by atoms with Crippen molar-refractivity contribution in [2.75, 3.05) is 6.61 Å². The molecule has 19 heavy (non-hydrogen) atoms. The van der Waals surface area contributed by atoms with Gasteiger partial charge in [-0.3, -0.25) is 0 Å². The molecule has 3 heteroatoms. The predicted octanol–water partition coefficient (Wildman–Crippen LogP) is 5.17. The van der Waals surface area contributed by atoms with Gasteiger partial charge in [0.05, 0.1) is 6.10 Å². The van der Waals surface area contributed by atoms with E-state index in [1.54, 1.807) is 0 Å². The highest BCUT2D eigenvalue weighted by Gasteiger charge is 2.30. The maximum absolute atomic E-state index is 12.0. The number of allylic oxidation sites excluding steroid dienone is 1. The van der Waals surface area contributed by atoms with Crippen LogP contribution in [0.25, 0.3) is 0 Å². The van der Waals surface area contributed by atoms with E-state index < -0.39 is 6.08 Å². The molecule has 1 aliphatic carbocycles. The minimum absolute atomic E-state index is 0.473. The molecule has 0 N–H and O–H groups in total. The maximum atomic E-state index is 12.0. The Morgan fingerprint density at radius 1 is 1.11 bits per heavy atom. The smallest absolute Gasteiger partial charge is 0.266 e. The summed E-state index contributed by atoms with van der Waals surface area (Å²) in [5.74, 6) is 2.08. The molecule has 0 aromatic rings. The second-order valence-corrected chi connectivity index (χ2v) is 6.41. The van der Waals surface area contributed by atoms with Crippen LogP contribution in [0.15, 0.2) is 12.2 Å². The van der Waals surface area contributed by atoms with Gasteiger partial charge in [0.25, 0.3) is 6.08 Å². The molecule has 0 radical (unpaired) electrons. The first-order valence-corrected chi connectivity index (χ1v) is 7.78. The third kappa shape index (κ3) is 4.87. The molecule has 2 fully saturated rings. The zero-order chi connectivity index (χ0) is 13.7. The molecule has 0 spiro atoms. The van der Waals surface area contributed by atoms with E-state index in [9.17, 15) is 8.78 Å². The molecule has 2 unspecified atom stereocenters. The van der Waals surface area contributed by atoms with E-state index >= 15 is 0 Å². The molecule has 110 valence electrons. The monoisotopic (exact) mass is 272 g/mol. The fourth-order valence-electron chi connectivity index (χ4n) is 3.55. The summed E-state index contributed by atoms with van der Waals surface area (Å²) in [5, 5.41) is 0. The zero-order valence-corrected chi connectivity index (χ0v) is 11.9. The molecule has 0 aromatic heterocycles. The number of halogens is 2. The molecule has 0 aromatic carbocycles. The fourth-order valence-corrected chi connectivity index (χ4v) is 3.55. The third-order valence-corrected chi connectivity index (χ3v) is 4.83. The predicted molar refractivity (Wildman–Crippen MR) is 73.1 cm³/mol. The van der Waals surface area contributed by atoms with Crippen molar-refractivity contribution in [2.24, 2.45) is 17.8 Å². The van der Waals surface area contributed by atoms with Crippen LogP contribution in [0.4, 0.5) is 8.78 Å². The summed E-state index contributed by atoms with van der Waals surface area (Å²) in [6, 6.07) is 0. The van der Waals surface area contributed by atoms with Crippen LogP contribution in [-0.2, 0) is 4.74 Å². The summed E-state index contributed by atoms with van der Waals surface area (Å²) in [6.07, 6.45) is 8.83. The van der Waals surface area contributed by atoms with Crippen LogP contribution < -0.4 is 0 Å². The maximum Gasteiger partial charge on any atom is 0.266 e. The Bertz CT molecular complexity index is 283. The summed E-state index contributed by atoms with van der Waals surface area (Å²) < 4.78 is 29.9. The van der Waals surface area contributed by atoms with Crippen molar-refractivity contribution in [2.45, 2.75) is 64.4 Å². The van der Waals surface area contributed by atoms with Gasteiger partial charge in [0, 0.05) is 6.61 Å². The first kappa shape index (κ1) is 15.0. The largest absolute Gasteiger partial charge is 0.378 e. The van der Waals surface area contributed by atoms with E-state index in [-0.39, 0.29) is 0 Å². The van der Waals surface area contributed by atoms with Crippen LogP contribution >= 0.6 is 0 Å². The van der Waals surface area contributed by atoms with Crippen LogP contribution in [-0.4, -0.2) is 12.7 Å². The van der Waals surface area contributed by atoms with Crippen molar-refractivity contribution in [3.8, 4) is 0 Å². The average Bonchev–Trinajstić information content (AvgIpc) is 2.40. The SMILES string of the molecule is CC1CCC(C2CCC(CCC=C(F)F)CC2)OC1. The van der Waals surface area contributed by atoms with Crippen molar-refractivity contribution in [1.29, 1.82) is 0 Å². The van der Waals surface area contributed by atoms with Gasteiger partial charge < -0.3 is 4.74 Å². The van der Waals surface area contributed by atoms with Crippen LogP contribution in [0.1, 0.15) is 58.3 Å². The number of rotatable bonds is 4. The summed E-state index contributed by atoms with van der Waals surface area (Å²) in [5.41, 5.74) is 0. The van der Waals surface area contributed by atoms with Gasteiger partial charge in [0.1, 0.15) is 0 Å². The van der Waals surface area contributed by atoms with Crippen LogP contribution in [0, 0.1) is 17.8 Å². The van der Waals surface area contributed by atoms with E-state index in [0.29, 0.717) is 18.4 Å². The summed E-state index contributed by atoms with van der Waals surface area (Å²) in [7, 11) is 0. The third-order valence-electron chi connectivity index (χ3n) is 4.83. The molecule has 0 bridgehead atoms. The average molecular weight is 272 g/mol. The van der Waals surface area contributed by atoms with Gasteiger partial charge in [-0.2, -0.15) is 8.78 Å².